The number of fused-ring (bicyclic) bond motifs is 1. The standard InChI is InChI=1S/C29H30N2O4/c1-19-4-6-21(7-5-19)17-26-28(33)27-20(2)16-25(32)24(29(27)35-26)18-30-12-14-31(15-13-30)22-8-10-23(34-3)11-9-22/h4-11,16-17,32H,12-15,18H2,1-3H3/b26-17-. The van der Waals surface area contributed by atoms with Crippen molar-refractivity contribution in [3.05, 3.63) is 88.2 Å². The Kier molecular flexibility index (Phi) is 6.22. The monoisotopic (exact) mass is 470 g/mol. The Morgan fingerprint density at radius 3 is 2.34 bits per heavy atom. The molecule has 1 fully saturated rings. The molecule has 2 aliphatic heterocycles. The molecule has 0 saturated carbocycles. The summed E-state index contributed by atoms with van der Waals surface area (Å²) >= 11 is 0. The van der Waals surface area contributed by atoms with Gasteiger partial charge in [0.25, 0.3) is 0 Å². The number of hydrogen-bond donors (Lipinski definition) is 1. The lowest BCUT2D eigenvalue weighted by Gasteiger charge is -2.36. The maximum Gasteiger partial charge on any atom is 0.232 e. The Labute approximate surface area is 206 Å². The third-order valence-electron chi connectivity index (χ3n) is 6.79. The zero-order valence-corrected chi connectivity index (χ0v) is 20.4. The largest absolute Gasteiger partial charge is 0.507 e. The predicted octanol–water partition coefficient (Wildman–Crippen LogP) is 4.96. The molecule has 3 aromatic carbocycles. The van der Waals surface area contributed by atoms with Crippen LogP contribution in [0, 0.1) is 13.8 Å². The molecule has 6 nitrogen and oxygen atoms in total. The summed E-state index contributed by atoms with van der Waals surface area (Å²) in [5, 5.41) is 10.8. The van der Waals surface area contributed by atoms with E-state index in [1.807, 2.05) is 50.2 Å². The molecule has 0 bridgehead atoms. The van der Waals surface area contributed by atoms with E-state index in [2.05, 4.69) is 21.9 Å². The quantitative estimate of drug-likeness (QED) is 0.532. The second-order valence-corrected chi connectivity index (χ2v) is 9.21. The first-order chi connectivity index (χ1) is 16.9. The molecule has 0 aliphatic carbocycles. The molecule has 0 amide bonds. The summed E-state index contributed by atoms with van der Waals surface area (Å²) in [6.45, 7) is 7.82. The fourth-order valence-corrected chi connectivity index (χ4v) is 4.73. The number of ether oxygens (including phenoxy) is 2. The highest BCUT2D eigenvalue weighted by atomic mass is 16.5. The molecule has 6 heteroatoms. The number of methoxy groups -OCH3 is 1. The molecule has 5 rings (SSSR count). The Morgan fingerprint density at radius 1 is 1.00 bits per heavy atom. The number of benzene rings is 3. The van der Waals surface area contributed by atoms with E-state index >= 15 is 0 Å². The molecule has 35 heavy (non-hydrogen) atoms. The zero-order valence-electron chi connectivity index (χ0n) is 20.4. The van der Waals surface area contributed by atoms with Crippen LogP contribution < -0.4 is 14.4 Å². The Balaban J connectivity index is 1.33. The number of anilines is 1. The second-order valence-electron chi connectivity index (χ2n) is 9.21. The van der Waals surface area contributed by atoms with Gasteiger partial charge in [0.1, 0.15) is 17.2 Å². The van der Waals surface area contributed by atoms with Crippen LogP contribution in [0.5, 0.6) is 17.2 Å². The number of aromatic hydroxyl groups is 1. The van der Waals surface area contributed by atoms with E-state index in [4.69, 9.17) is 9.47 Å². The fourth-order valence-electron chi connectivity index (χ4n) is 4.73. The molecule has 1 N–H and O–H groups in total. The highest BCUT2D eigenvalue weighted by molar-refractivity contribution is 6.15. The van der Waals surface area contributed by atoms with Crippen LogP contribution in [-0.2, 0) is 6.54 Å². The van der Waals surface area contributed by atoms with Gasteiger partial charge in [0.05, 0.1) is 18.2 Å². The van der Waals surface area contributed by atoms with Gasteiger partial charge in [-0.15, -0.1) is 0 Å². The van der Waals surface area contributed by atoms with Crippen molar-refractivity contribution >= 4 is 17.5 Å². The lowest BCUT2D eigenvalue weighted by Crippen LogP contribution is -2.46. The van der Waals surface area contributed by atoms with Gasteiger partial charge in [-0.3, -0.25) is 9.69 Å². The number of phenols is 1. The third kappa shape index (κ3) is 4.62. The molecule has 2 aliphatic rings. The number of nitrogens with zero attached hydrogens (tertiary/aromatic N) is 2. The number of hydrogen-bond acceptors (Lipinski definition) is 6. The summed E-state index contributed by atoms with van der Waals surface area (Å²) in [6.07, 6.45) is 1.77. The minimum Gasteiger partial charge on any atom is -0.507 e. The Bertz CT molecular complexity index is 1270. The summed E-state index contributed by atoms with van der Waals surface area (Å²) in [7, 11) is 1.67. The number of carbonyl (C=O) groups excluding carboxylic acids is 1. The van der Waals surface area contributed by atoms with Crippen LogP contribution in [0.15, 0.2) is 60.4 Å². The van der Waals surface area contributed by atoms with Crippen molar-refractivity contribution in [3.63, 3.8) is 0 Å². The first-order valence-corrected chi connectivity index (χ1v) is 11.9. The molecule has 180 valence electrons. The van der Waals surface area contributed by atoms with Crippen LogP contribution >= 0.6 is 0 Å². The zero-order chi connectivity index (χ0) is 24.5. The van der Waals surface area contributed by atoms with Crippen molar-refractivity contribution in [3.8, 4) is 17.2 Å². The summed E-state index contributed by atoms with van der Waals surface area (Å²) in [5.74, 6) is 1.67. The molecule has 0 unspecified atom stereocenters. The van der Waals surface area contributed by atoms with Crippen LogP contribution in [0.2, 0.25) is 0 Å². The van der Waals surface area contributed by atoms with E-state index in [9.17, 15) is 9.90 Å². The van der Waals surface area contributed by atoms with Crippen LogP contribution in [0.25, 0.3) is 6.08 Å². The number of piperazine rings is 1. The highest BCUT2D eigenvalue weighted by Gasteiger charge is 2.34. The van der Waals surface area contributed by atoms with Crippen molar-refractivity contribution in [2.24, 2.45) is 0 Å². The molecule has 0 atom stereocenters. The topological polar surface area (TPSA) is 62.2 Å². The summed E-state index contributed by atoms with van der Waals surface area (Å²) in [6, 6.07) is 17.7. The van der Waals surface area contributed by atoms with Gasteiger partial charge >= 0.3 is 0 Å². The maximum absolute atomic E-state index is 13.2. The number of ketones is 1. The van der Waals surface area contributed by atoms with Crippen LogP contribution in [0.4, 0.5) is 5.69 Å². The normalized spacial score (nSPS) is 16.9. The summed E-state index contributed by atoms with van der Waals surface area (Å²) < 4.78 is 11.4. The highest BCUT2D eigenvalue weighted by Crippen LogP contribution is 2.42. The first-order valence-electron chi connectivity index (χ1n) is 11.9. The van der Waals surface area contributed by atoms with Crippen molar-refractivity contribution in [2.45, 2.75) is 20.4 Å². The Morgan fingerprint density at radius 2 is 1.69 bits per heavy atom. The van der Waals surface area contributed by atoms with Gasteiger partial charge in [-0.2, -0.15) is 0 Å². The minimum absolute atomic E-state index is 0.136. The number of aryl methyl sites for hydroxylation is 2. The van der Waals surface area contributed by atoms with E-state index < -0.39 is 0 Å². The molecule has 0 aromatic heterocycles. The van der Waals surface area contributed by atoms with Gasteiger partial charge in [0.15, 0.2) is 5.76 Å². The van der Waals surface area contributed by atoms with Crippen molar-refractivity contribution in [1.82, 2.24) is 4.90 Å². The number of rotatable bonds is 5. The smallest absolute Gasteiger partial charge is 0.232 e. The summed E-state index contributed by atoms with van der Waals surface area (Å²) in [4.78, 5) is 17.8. The lowest BCUT2D eigenvalue weighted by molar-refractivity contribution is 0.101. The fraction of sp³-hybridized carbons (Fsp3) is 0.276. The van der Waals surface area contributed by atoms with Crippen LogP contribution in [-0.4, -0.2) is 49.1 Å². The molecule has 2 heterocycles. The second kappa shape index (κ2) is 9.47. The Hall–Kier alpha value is -3.77. The van der Waals surface area contributed by atoms with Crippen LogP contribution in [0.1, 0.15) is 32.6 Å². The van der Waals surface area contributed by atoms with Crippen LogP contribution in [0.3, 0.4) is 0 Å². The van der Waals surface area contributed by atoms with E-state index in [0.717, 1.165) is 48.6 Å². The van der Waals surface area contributed by atoms with Gasteiger partial charge in [-0.1, -0.05) is 29.8 Å². The van der Waals surface area contributed by atoms with Gasteiger partial charge in [-0.05, 0) is 61.4 Å². The van der Waals surface area contributed by atoms with Gasteiger partial charge in [0, 0.05) is 38.4 Å². The molecular weight excluding hydrogens is 440 g/mol. The average molecular weight is 471 g/mol. The minimum atomic E-state index is -0.136. The first kappa shape index (κ1) is 23.0. The lowest BCUT2D eigenvalue weighted by atomic mass is 9.99. The van der Waals surface area contributed by atoms with E-state index in [0.29, 0.717) is 29.2 Å². The number of Topliss-reactive ketones (excluding diaryl/α,β-unsaturated/α-hetero) is 1. The predicted molar refractivity (Wildman–Crippen MR) is 137 cm³/mol. The van der Waals surface area contributed by atoms with Gasteiger partial charge in [-0.25, -0.2) is 0 Å². The molecule has 0 spiro atoms. The van der Waals surface area contributed by atoms with Crippen molar-refractivity contribution < 1.29 is 19.4 Å². The van der Waals surface area contributed by atoms with E-state index in [-0.39, 0.29) is 11.5 Å². The van der Waals surface area contributed by atoms with Gasteiger partial charge in [0.2, 0.25) is 5.78 Å². The maximum atomic E-state index is 13.2. The molecular formula is C29H30N2O4. The number of phenolic OH excluding ortho intramolecular Hbond substituents is 1. The SMILES string of the molecule is COc1ccc(N2CCN(Cc3c(O)cc(C)c4c3O/C(=C\c3ccc(C)cc3)C4=O)CC2)cc1. The number of carbonyl (C=O) groups is 1. The number of allylic oxidation sites excluding steroid dienone is 1. The average Bonchev–Trinajstić information content (AvgIpc) is 3.19. The molecule has 0 radical (unpaired) electrons. The van der Waals surface area contributed by atoms with Crippen molar-refractivity contribution in [2.75, 3.05) is 38.2 Å². The molecule has 3 aromatic rings. The van der Waals surface area contributed by atoms with Gasteiger partial charge < -0.3 is 19.5 Å². The molecule has 1 saturated heterocycles. The summed E-state index contributed by atoms with van der Waals surface area (Å²) in [5.41, 5.74) is 5.18. The van der Waals surface area contributed by atoms with E-state index in [1.165, 1.54) is 5.69 Å². The van der Waals surface area contributed by atoms with E-state index in [1.54, 1.807) is 19.3 Å². The van der Waals surface area contributed by atoms with Crippen molar-refractivity contribution in [1.29, 1.82) is 0 Å². The third-order valence-corrected chi connectivity index (χ3v) is 6.79.